The summed E-state index contributed by atoms with van der Waals surface area (Å²) < 4.78 is 1.16. The van der Waals surface area contributed by atoms with Crippen molar-refractivity contribution in [3.63, 3.8) is 0 Å². The molecule has 2 aromatic rings. The summed E-state index contributed by atoms with van der Waals surface area (Å²) in [5, 5.41) is 3.34. The summed E-state index contributed by atoms with van der Waals surface area (Å²) in [6, 6.07) is 6.09. The lowest BCUT2D eigenvalue weighted by molar-refractivity contribution is -0.115. The monoisotopic (exact) mass is 258 g/mol. The number of hydrogen-bond acceptors (Lipinski definition) is 4. The lowest BCUT2D eigenvalue weighted by Crippen LogP contribution is -2.15. The number of carbonyl (C=O) groups is 1. The van der Waals surface area contributed by atoms with Crippen LogP contribution in [0.2, 0.25) is 0 Å². The highest BCUT2D eigenvalue weighted by atomic mass is 32.1. The fraction of sp³-hybridized carbons (Fsp3) is 0.286. The molecule has 1 heterocycles. The number of carbonyl (C=O) groups excluding carboxylic acids is 1. The van der Waals surface area contributed by atoms with E-state index in [9.17, 15) is 4.79 Å². The number of aromatic nitrogens is 1. The first-order valence-electron chi connectivity index (χ1n) is 6.04. The molecule has 0 amide bonds. The normalized spacial score (nSPS) is 19.9. The molecule has 0 saturated carbocycles. The van der Waals surface area contributed by atoms with E-state index >= 15 is 0 Å². The third-order valence-electron chi connectivity index (χ3n) is 3.09. The maximum atomic E-state index is 11.5. The Morgan fingerprint density at radius 2 is 2.28 bits per heavy atom. The lowest BCUT2D eigenvalue weighted by atomic mass is 9.93. The van der Waals surface area contributed by atoms with Crippen LogP contribution in [0.3, 0.4) is 0 Å². The van der Waals surface area contributed by atoms with Crippen molar-refractivity contribution in [3.05, 3.63) is 35.5 Å². The summed E-state index contributed by atoms with van der Waals surface area (Å²) in [6.45, 7) is 2.11. The molecule has 1 aliphatic rings. The Hall–Kier alpha value is -1.68. The van der Waals surface area contributed by atoms with Gasteiger partial charge in [0.15, 0.2) is 5.78 Å². The number of anilines is 1. The van der Waals surface area contributed by atoms with Gasteiger partial charge < -0.3 is 5.32 Å². The predicted molar refractivity (Wildman–Crippen MR) is 74.7 cm³/mol. The molecule has 92 valence electrons. The van der Waals surface area contributed by atoms with Gasteiger partial charge in [-0.2, -0.15) is 0 Å². The van der Waals surface area contributed by atoms with E-state index in [-0.39, 0.29) is 5.78 Å². The first-order chi connectivity index (χ1) is 8.70. The van der Waals surface area contributed by atoms with Gasteiger partial charge in [0.25, 0.3) is 0 Å². The summed E-state index contributed by atoms with van der Waals surface area (Å²) in [4.78, 5) is 15.8. The fourth-order valence-corrected chi connectivity index (χ4v) is 3.02. The average Bonchev–Trinajstić information content (AvgIpc) is 2.74. The maximum absolute atomic E-state index is 11.5. The zero-order valence-corrected chi connectivity index (χ0v) is 11.0. The standard InChI is InChI=1S/C14H14N2OS/c1-9-4-11(6-12(17)5-9)16-10-2-3-13-14(7-10)18-8-15-13/h2-3,6-9,16H,4-5H2,1H3. The smallest absolute Gasteiger partial charge is 0.157 e. The quantitative estimate of drug-likeness (QED) is 0.895. The van der Waals surface area contributed by atoms with Crippen molar-refractivity contribution in [3.8, 4) is 0 Å². The van der Waals surface area contributed by atoms with Crippen molar-refractivity contribution in [1.82, 2.24) is 4.98 Å². The van der Waals surface area contributed by atoms with Gasteiger partial charge in [-0.3, -0.25) is 4.79 Å². The SMILES string of the molecule is CC1CC(=O)C=C(Nc2ccc3ncsc3c2)C1. The lowest BCUT2D eigenvalue weighted by Gasteiger charge is -2.19. The number of ketones is 1. The van der Waals surface area contributed by atoms with Crippen LogP contribution in [0.15, 0.2) is 35.5 Å². The fourth-order valence-electron chi connectivity index (χ4n) is 2.31. The van der Waals surface area contributed by atoms with Crippen LogP contribution < -0.4 is 5.32 Å². The number of benzene rings is 1. The average molecular weight is 258 g/mol. The number of fused-ring (bicyclic) bond motifs is 1. The second kappa shape index (κ2) is 4.53. The molecule has 1 aromatic heterocycles. The molecular formula is C14H14N2OS. The third-order valence-corrected chi connectivity index (χ3v) is 3.88. The second-order valence-electron chi connectivity index (χ2n) is 4.81. The van der Waals surface area contributed by atoms with Crippen LogP contribution in [0.5, 0.6) is 0 Å². The molecule has 1 atom stereocenters. The van der Waals surface area contributed by atoms with Gasteiger partial charge in [0.2, 0.25) is 0 Å². The topological polar surface area (TPSA) is 42.0 Å². The Bertz CT molecular complexity index is 630. The van der Waals surface area contributed by atoms with Gasteiger partial charge in [-0.05, 0) is 30.5 Å². The molecule has 0 aliphatic heterocycles. The largest absolute Gasteiger partial charge is 0.359 e. The van der Waals surface area contributed by atoms with Gasteiger partial charge in [-0.25, -0.2) is 4.98 Å². The first-order valence-corrected chi connectivity index (χ1v) is 6.92. The van der Waals surface area contributed by atoms with Gasteiger partial charge in [0.1, 0.15) is 0 Å². The van der Waals surface area contributed by atoms with Crippen molar-refractivity contribution in [2.24, 2.45) is 5.92 Å². The number of nitrogens with zero attached hydrogens (tertiary/aromatic N) is 1. The number of nitrogens with one attached hydrogen (secondary N) is 1. The van der Waals surface area contributed by atoms with Crippen LogP contribution in [0, 0.1) is 5.92 Å². The van der Waals surface area contributed by atoms with Crippen LogP contribution in [0.1, 0.15) is 19.8 Å². The van der Waals surface area contributed by atoms with Gasteiger partial charge in [0, 0.05) is 23.9 Å². The number of rotatable bonds is 2. The zero-order valence-electron chi connectivity index (χ0n) is 10.1. The van der Waals surface area contributed by atoms with Crippen LogP contribution in [-0.4, -0.2) is 10.8 Å². The van der Waals surface area contributed by atoms with Crippen LogP contribution >= 0.6 is 11.3 Å². The summed E-state index contributed by atoms with van der Waals surface area (Å²) in [6.07, 6.45) is 3.34. The highest BCUT2D eigenvalue weighted by Gasteiger charge is 2.16. The highest BCUT2D eigenvalue weighted by Crippen LogP contribution is 2.26. The zero-order chi connectivity index (χ0) is 12.5. The molecule has 0 radical (unpaired) electrons. The van der Waals surface area contributed by atoms with Gasteiger partial charge in [0.05, 0.1) is 15.7 Å². The molecule has 1 unspecified atom stereocenters. The molecule has 1 aromatic carbocycles. The molecule has 0 fully saturated rings. The van der Waals surface area contributed by atoms with E-state index in [1.807, 2.05) is 17.6 Å². The van der Waals surface area contributed by atoms with E-state index in [4.69, 9.17) is 0 Å². The molecule has 3 rings (SSSR count). The third kappa shape index (κ3) is 2.29. The Morgan fingerprint density at radius 1 is 1.39 bits per heavy atom. The number of thiazole rings is 1. The molecule has 18 heavy (non-hydrogen) atoms. The molecule has 0 bridgehead atoms. The molecule has 3 nitrogen and oxygen atoms in total. The van der Waals surface area contributed by atoms with Crippen molar-refractivity contribution in [2.75, 3.05) is 5.32 Å². The molecular weight excluding hydrogens is 244 g/mol. The van der Waals surface area contributed by atoms with Gasteiger partial charge >= 0.3 is 0 Å². The predicted octanol–water partition coefficient (Wildman–Crippen LogP) is 3.59. The minimum Gasteiger partial charge on any atom is -0.359 e. The Kier molecular flexibility index (Phi) is 2.88. The van der Waals surface area contributed by atoms with Crippen LogP contribution in [0.25, 0.3) is 10.2 Å². The molecule has 1 N–H and O–H groups in total. The van der Waals surface area contributed by atoms with Gasteiger partial charge in [-0.15, -0.1) is 11.3 Å². The summed E-state index contributed by atoms with van der Waals surface area (Å²) >= 11 is 1.63. The molecule has 4 heteroatoms. The molecule has 1 aliphatic carbocycles. The summed E-state index contributed by atoms with van der Waals surface area (Å²) in [5.41, 5.74) is 4.91. The van der Waals surface area contributed by atoms with E-state index in [0.717, 1.165) is 28.0 Å². The van der Waals surface area contributed by atoms with Gasteiger partial charge in [-0.1, -0.05) is 6.92 Å². The van der Waals surface area contributed by atoms with Crippen molar-refractivity contribution in [1.29, 1.82) is 0 Å². The Morgan fingerprint density at radius 3 is 3.11 bits per heavy atom. The Balaban J connectivity index is 1.85. The van der Waals surface area contributed by atoms with Crippen molar-refractivity contribution < 1.29 is 4.79 Å². The minimum atomic E-state index is 0.218. The molecule has 0 spiro atoms. The molecule has 0 saturated heterocycles. The van der Waals surface area contributed by atoms with Crippen LogP contribution in [-0.2, 0) is 4.79 Å². The highest BCUT2D eigenvalue weighted by molar-refractivity contribution is 7.16. The van der Waals surface area contributed by atoms with E-state index in [1.165, 1.54) is 0 Å². The van der Waals surface area contributed by atoms with Crippen molar-refractivity contribution >= 4 is 33.0 Å². The first kappa shape index (κ1) is 11.4. The number of hydrogen-bond donors (Lipinski definition) is 1. The van der Waals surface area contributed by atoms with E-state index < -0.39 is 0 Å². The minimum absolute atomic E-state index is 0.218. The van der Waals surface area contributed by atoms with Crippen molar-refractivity contribution in [2.45, 2.75) is 19.8 Å². The Labute approximate surface area is 110 Å². The second-order valence-corrected chi connectivity index (χ2v) is 5.70. The number of allylic oxidation sites excluding steroid dienone is 2. The van der Waals surface area contributed by atoms with Crippen LogP contribution in [0.4, 0.5) is 5.69 Å². The summed E-state index contributed by atoms with van der Waals surface area (Å²) in [7, 11) is 0. The van der Waals surface area contributed by atoms with E-state index in [2.05, 4.69) is 23.3 Å². The summed E-state index contributed by atoms with van der Waals surface area (Å²) in [5.74, 6) is 0.646. The maximum Gasteiger partial charge on any atom is 0.157 e. The van der Waals surface area contributed by atoms with E-state index in [0.29, 0.717) is 12.3 Å². The van der Waals surface area contributed by atoms with E-state index in [1.54, 1.807) is 17.4 Å².